The first-order valence-corrected chi connectivity index (χ1v) is 15.0. The molecule has 37 heavy (non-hydrogen) atoms. The number of aliphatic carboxylic acids is 3. The maximum Gasteiger partial charge on any atom is 0.309 e. The Labute approximate surface area is 225 Å². The van der Waals surface area contributed by atoms with Gasteiger partial charge in [0.25, 0.3) is 0 Å². The zero-order chi connectivity index (χ0) is 27.6. The smallest absolute Gasteiger partial charge is 0.309 e. The van der Waals surface area contributed by atoms with Gasteiger partial charge < -0.3 is 19.8 Å². The summed E-state index contributed by atoms with van der Waals surface area (Å²) in [5.74, 6) is -2.80. The van der Waals surface area contributed by atoms with Crippen molar-refractivity contribution in [3.05, 3.63) is 12.2 Å². The van der Waals surface area contributed by atoms with E-state index in [1.807, 2.05) is 0 Å². The molecule has 0 aromatic heterocycles. The molecule has 0 rings (SSSR count). The first kappa shape index (κ1) is 35.1. The molecule has 0 radical (unpaired) electrons. The van der Waals surface area contributed by atoms with E-state index in [0.717, 1.165) is 19.3 Å². The summed E-state index contributed by atoms with van der Waals surface area (Å²) in [6.07, 6.45) is 25.6. The van der Waals surface area contributed by atoms with Gasteiger partial charge in [-0.3, -0.25) is 14.4 Å². The lowest BCUT2D eigenvalue weighted by atomic mass is 10.1. The second-order valence-electron chi connectivity index (χ2n) is 10.7. The van der Waals surface area contributed by atoms with Crippen molar-refractivity contribution in [1.29, 1.82) is 0 Å². The Hall–Kier alpha value is -1.89. The van der Waals surface area contributed by atoms with E-state index in [1.54, 1.807) is 0 Å². The number of quaternary nitrogens is 1. The summed E-state index contributed by atoms with van der Waals surface area (Å²) in [6.45, 7) is 3.74. The highest BCUT2D eigenvalue weighted by atomic mass is 16.4. The molecule has 0 bridgehead atoms. The average molecular weight is 527 g/mol. The molecule has 7 nitrogen and oxygen atoms in total. The number of carboxylic acid groups (broad SMARTS) is 3. The molecule has 0 aliphatic rings. The van der Waals surface area contributed by atoms with Crippen molar-refractivity contribution >= 4 is 17.9 Å². The van der Waals surface area contributed by atoms with Gasteiger partial charge in [0.15, 0.2) is 0 Å². The first-order valence-electron chi connectivity index (χ1n) is 15.0. The van der Waals surface area contributed by atoms with E-state index >= 15 is 0 Å². The molecule has 0 aromatic carbocycles. The molecule has 0 spiro atoms. The molecule has 0 aromatic rings. The van der Waals surface area contributed by atoms with Crippen LogP contribution < -0.4 is 0 Å². The second-order valence-corrected chi connectivity index (χ2v) is 10.7. The summed E-state index contributed by atoms with van der Waals surface area (Å²) >= 11 is 0. The van der Waals surface area contributed by atoms with E-state index in [0.29, 0.717) is 6.54 Å². The number of hydrogen-bond donors (Lipinski definition) is 3. The lowest BCUT2D eigenvalue weighted by Gasteiger charge is -2.38. The third kappa shape index (κ3) is 24.2. The largest absolute Gasteiger partial charge is 0.481 e. The molecule has 0 heterocycles. The van der Waals surface area contributed by atoms with Crippen LogP contribution in [0.15, 0.2) is 12.2 Å². The molecule has 216 valence electrons. The second kappa shape index (κ2) is 24.4. The van der Waals surface area contributed by atoms with Crippen LogP contribution >= 0.6 is 0 Å². The fraction of sp³-hybridized carbons (Fsp3) is 0.833. The Morgan fingerprint density at radius 3 is 1.16 bits per heavy atom. The molecule has 0 aliphatic carbocycles. The number of nitrogens with zero attached hydrogens (tertiary/aromatic N) is 1. The Balaban J connectivity index is 3.97. The van der Waals surface area contributed by atoms with Crippen LogP contribution in [0.1, 0.15) is 135 Å². The summed E-state index contributed by atoms with van der Waals surface area (Å²) in [5, 5.41) is 27.4. The number of hydrogen-bond acceptors (Lipinski definition) is 3. The van der Waals surface area contributed by atoms with Crippen LogP contribution in [0.3, 0.4) is 0 Å². The molecule has 3 N–H and O–H groups in total. The quantitative estimate of drug-likeness (QED) is 0.0555. The van der Waals surface area contributed by atoms with E-state index in [2.05, 4.69) is 19.1 Å². The van der Waals surface area contributed by atoms with Gasteiger partial charge in [0, 0.05) is 0 Å². The van der Waals surface area contributed by atoms with Gasteiger partial charge in [-0.05, 0) is 38.5 Å². The van der Waals surface area contributed by atoms with E-state index in [9.17, 15) is 14.4 Å². The van der Waals surface area contributed by atoms with Crippen LogP contribution in [0, 0.1) is 0 Å². The van der Waals surface area contributed by atoms with Gasteiger partial charge in [0.1, 0.15) is 0 Å². The van der Waals surface area contributed by atoms with Gasteiger partial charge in [-0.2, -0.15) is 0 Å². The molecular weight excluding hydrogens is 470 g/mol. The van der Waals surface area contributed by atoms with E-state index in [1.165, 1.54) is 89.9 Å². The first-order chi connectivity index (χ1) is 17.8. The zero-order valence-corrected chi connectivity index (χ0v) is 23.6. The van der Waals surface area contributed by atoms with Gasteiger partial charge >= 0.3 is 17.9 Å². The number of rotatable bonds is 28. The van der Waals surface area contributed by atoms with Crippen LogP contribution in [0.4, 0.5) is 0 Å². The minimum Gasteiger partial charge on any atom is -0.481 e. The fourth-order valence-corrected chi connectivity index (χ4v) is 4.89. The summed E-state index contributed by atoms with van der Waals surface area (Å²) < 4.78 is 0.261. The third-order valence-electron chi connectivity index (χ3n) is 7.29. The Kier molecular flexibility index (Phi) is 23.2. The highest BCUT2D eigenvalue weighted by molar-refractivity contribution is 5.67. The summed E-state index contributed by atoms with van der Waals surface area (Å²) in [4.78, 5) is 33.4. The number of unbranched alkanes of at least 4 members (excludes halogenated alkanes) is 15. The van der Waals surface area contributed by atoms with Crippen molar-refractivity contribution in [1.82, 2.24) is 0 Å². The number of carbonyl (C=O) groups is 3. The topological polar surface area (TPSA) is 112 Å². The molecule has 0 aliphatic heterocycles. The molecule has 0 atom stereocenters. The predicted molar refractivity (Wildman–Crippen MR) is 150 cm³/mol. The van der Waals surface area contributed by atoms with Crippen LogP contribution in [-0.4, -0.2) is 63.9 Å². The SMILES string of the molecule is CCCCCCCCC/C=C/CCCCCCCCCC[N+](CCC(=O)O)(CCC(=O)O)CCC(=O)O. The Bertz CT molecular complexity index is 574. The maximum atomic E-state index is 11.1. The maximum absolute atomic E-state index is 11.1. The van der Waals surface area contributed by atoms with Crippen molar-refractivity contribution in [2.75, 3.05) is 26.2 Å². The zero-order valence-electron chi connectivity index (χ0n) is 23.6. The van der Waals surface area contributed by atoms with Gasteiger partial charge in [-0.15, -0.1) is 0 Å². The van der Waals surface area contributed by atoms with Crippen molar-refractivity contribution in [2.24, 2.45) is 0 Å². The van der Waals surface area contributed by atoms with Gasteiger partial charge in [-0.1, -0.05) is 89.7 Å². The molecule has 0 unspecified atom stereocenters. The van der Waals surface area contributed by atoms with Crippen molar-refractivity contribution < 1.29 is 34.2 Å². The molecular formula is C30H56NO6+. The Morgan fingerprint density at radius 1 is 0.486 bits per heavy atom. The Morgan fingerprint density at radius 2 is 0.811 bits per heavy atom. The van der Waals surface area contributed by atoms with Crippen LogP contribution in [0.5, 0.6) is 0 Å². The van der Waals surface area contributed by atoms with Crippen molar-refractivity contribution in [2.45, 2.75) is 135 Å². The summed E-state index contributed by atoms with van der Waals surface area (Å²) in [7, 11) is 0. The molecule has 0 amide bonds. The van der Waals surface area contributed by atoms with Crippen LogP contribution in [0.25, 0.3) is 0 Å². The summed E-state index contributed by atoms with van der Waals surface area (Å²) in [5.41, 5.74) is 0. The van der Waals surface area contributed by atoms with Crippen LogP contribution in [-0.2, 0) is 14.4 Å². The normalized spacial score (nSPS) is 11.8. The van der Waals surface area contributed by atoms with Gasteiger partial charge in [-0.25, -0.2) is 0 Å². The van der Waals surface area contributed by atoms with Crippen molar-refractivity contribution in [3.8, 4) is 0 Å². The van der Waals surface area contributed by atoms with Crippen LogP contribution in [0.2, 0.25) is 0 Å². The summed E-state index contributed by atoms with van der Waals surface area (Å²) in [6, 6.07) is 0. The third-order valence-corrected chi connectivity index (χ3v) is 7.29. The average Bonchev–Trinajstić information content (AvgIpc) is 2.85. The lowest BCUT2D eigenvalue weighted by molar-refractivity contribution is -0.927. The standard InChI is InChI=1S/C30H55NO6/c1-2-3-4-5-6-7-8-9-10-11-12-13-14-15-16-17-18-19-20-24-31(25-21-28(32)33,26-22-29(34)35)27-23-30(36)37/h10-11H,2-9,12-27H2,1H3,(H2-,32,33,34,35,36,37)/p+1/b11-10+. The van der Waals surface area contributed by atoms with E-state index in [-0.39, 0.29) is 43.4 Å². The molecule has 0 saturated carbocycles. The number of allylic oxidation sites excluding steroid dienone is 2. The minimum atomic E-state index is -0.934. The number of carboxylic acids is 3. The molecule has 7 heteroatoms. The van der Waals surface area contributed by atoms with E-state index < -0.39 is 17.9 Å². The lowest BCUT2D eigenvalue weighted by Crippen LogP contribution is -2.52. The van der Waals surface area contributed by atoms with Gasteiger partial charge in [0.05, 0.1) is 45.4 Å². The molecule has 0 saturated heterocycles. The highest BCUT2D eigenvalue weighted by Gasteiger charge is 2.29. The molecule has 0 fully saturated rings. The highest BCUT2D eigenvalue weighted by Crippen LogP contribution is 2.17. The van der Waals surface area contributed by atoms with E-state index in [4.69, 9.17) is 15.3 Å². The minimum absolute atomic E-state index is 0.0758. The fourth-order valence-electron chi connectivity index (χ4n) is 4.89. The predicted octanol–water partition coefficient (Wildman–Crippen LogP) is 7.44. The monoisotopic (exact) mass is 526 g/mol. The van der Waals surface area contributed by atoms with Crippen molar-refractivity contribution in [3.63, 3.8) is 0 Å². The van der Waals surface area contributed by atoms with Gasteiger partial charge in [0.2, 0.25) is 0 Å².